The van der Waals surface area contributed by atoms with Gasteiger partial charge in [0, 0.05) is 33.3 Å². The van der Waals surface area contributed by atoms with Crippen LogP contribution in [0.2, 0.25) is 5.02 Å². The minimum Gasteiger partial charge on any atom is -0.488 e. The number of aryl methyl sites for hydroxylation is 1. The van der Waals surface area contributed by atoms with Crippen molar-refractivity contribution in [3.8, 4) is 16.9 Å². The number of pyridine rings is 1. The molecule has 1 saturated heterocycles. The quantitative estimate of drug-likeness (QED) is 0.674. The van der Waals surface area contributed by atoms with Crippen LogP contribution < -0.4 is 10.1 Å². The average Bonchev–Trinajstić information content (AvgIpc) is 3.37. The highest BCUT2D eigenvalue weighted by molar-refractivity contribution is 7.19. The number of piperidine rings is 1. The second-order valence-corrected chi connectivity index (χ2v) is 9.12. The van der Waals surface area contributed by atoms with Gasteiger partial charge >= 0.3 is 0 Å². The van der Waals surface area contributed by atoms with Gasteiger partial charge in [-0.25, -0.2) is 0 Å². The molecule has 1 aliphatic carbocycles. The van der Waals surface area contributed by atoms with E-state index in [-0.39, 0.29) is 12.7 Å². The van der Waals surface area contributed by atoms with Gasteiger partial charge < -0.3 is 15.2 Å². The Hall–Kier alpha value is -1.66. The van der Waals surface area contributed by atoms with E-state index in [1.54, 1.807) is 11.3 Å². The minimum atomic E-state index is 0.0230. The number of nitrogens with one attached hydrogen (secondary N) is 1. The van der Waals surface area contributed by atoms with Gasteiger partial charge in [-0.05, 0) is 62.1 Å². The van der Waals surface area contributed by atoms with Crippen molar-refractivity contribution < 1.29 is 9.84 Å². The lowest BCUT2D eigenvalue weighted by atomic mass is 10.0. The SMILES string of the molecule is Cc1cc(Cl)cc(-c2ccnc3cc(CO)sc23)c1OC1CC2CNC1C2. The highest BCUT2D eigenvalue weighted by Crippen LogP contribution is 2.43. The van der Waals surface area contributed by atoms with Gasteiger partial charge in [0.1, 0.15) is 11.9 Å². The maximum absolute atomic E-state index is 9.52. The molecule has 2 N–H and O–H groups in total. The van der Waals surface area contributed by atoms with E-state index in [0.717, 1.165) is 56.4 Å². The van der Waals surface area contributed by atoms with Crippen LogP contribution >= 0.6 is 22.9 Å². The number of ether oxygens (including phenoxy) is 1. The molecule has 6 heteroatoms. The van der Waals surface area contributed by atoms with Gasteiger partial charge in [0.2, 0.25) is 0 Å². The molecular weight excluding hydrogens is 380 g/mol. The molecule has 2 aliphatic rings. The summed E-state index contributed by atoms with van der Waals surface area (Å²) in [5, 5.41) is 13.8. The smallest absolute Gasteiger partial charge is 0.130 e. The molecule has 0 amide bonds. The predicted molar refractivity (Wildman–Crippen MR) is 110 cm³/mol. The Morgan fingerprint density at radius 1 is 1.30 bits per heavy atom. The standard InChI is InChI=1S/C21H21ClN2O2S/c1-11-4-13(22)7-16(20(11)26-19-6-12-5-17(19)24-9-12)15-2-3-23-18-8-14(10-25)27-21(15)18/h2-4,7-8,12,17,19,24-25H,5-6,9-10H2,1H3. The molecule has 3 aromatic rings. The Morgan fingerprint density at radius 3 is 2.93 bits per heavy atom. The van der Waals surface area contributed by atoms with E-state index in [2.05, 4.69) is 17.2 Å². The molecule has 3 heterocycles. The van der Waals surface area contributed by atoms with Crippen LogP contribution in [0.5, 0.6) is 5.75 Å². The van der Waals surface area contributed by atoms with Gasteiger partial charge in [0.05, 0.1) is 16.8 Å². The van der Waals surface area contributed by atoms with Crippen LogP contribution in [0.3, 0.4) is 0 Å². The van der Waals surface area contributed by atoms with E-state index < -0.39 is 0 Å². The number of nitrogens with zero attached hydrogens (tertiary/aromatic N) is 1. The number of halogens is 1. The largest absolute Gasteiger partial charge is 0.488 e. The van der Waals surface area contributed by atoms with Gasteiger partial charge in [0.15, 0.2) is 0 Å². The first-order chi connectivity index (χ1) is 13.1. The van der Waals surface area contributed by atoms with Crippen LogP contribution in [-0.2, 0) is 6.61 Å². The van der Waals surface area contributed by atoms with E-state index in [9.17, 15) is 5.11 Å². The molecule has 2 fully saturated rings. The molecule has 3 atom stereocenters. The van der Waals surface area contributed by atoms with E-state index in [0.29, 0.717) is 11.1 Å². The zero-order chi connectivity index (χ0) is 18.5. The lowest BCUT2D eigenvalue weighted by molar-refractivity contribution is 0.158. The Morgan fingerprint density at radius 2 is 2.19 bits per heavy atom. The molecule has 0 radical (unpaired) electrons. The Bertz CT molecular complexity index is 1020. The van der Waals surface area contributed by atoms with Crippen molar-refractivity contribution in [1.29, 1.82) is 0 Å². The van der Waals surface area contributed by atoms with Gasteiger partial charge in [0.25, 0.3) is 0 Å². The third kappa shape index (κ3) is 3.03. The fraction of sp³-hybridized carbons (Fsp3) is 0.381. The van der Waals surface area contributed by atoms with E-state index in [1.807, 2.05) is 30.5 Å². The molecule has 27 heavy (non-hydrogen) atoms. The number of hydrogen-bond donors (Lipinski definition) is 2. The number of fused-ring (bicyclic) bond motifs is 3. The van der Waals surface area contributed by atoms with Crippen LogP contribution in [0, 0.1) is 12.8 Å². The molecule has 1 aliphatic heterocycles. The second kappa shape index (κ2) is 6.74. The number of rotatable bonds is 4. The molecule has 3 unspecified atom stereocenters. The van der Waals surface area contributed by atoms with Crippen molar-refractivity contribution in [2.24, 2.45) is 5.92 Å². The van der Waals surface area contributed by atoms with Crippen molar-refractivity contribution >= 4 is 33.2 Å². The van der Waals surface area contributed by atoms with Crippen LogP contribution in [-0.4, -0.2) is 28.8 Å². The summed E-state index contributed by atoms with van der Waals surface area (Å²) in [6.45, 7) is 3.19. The number of benzene rings is 1. The first-order valence-electron chi connectivity index (χ1n) is 9.31. The van der Waals surface area contributed by atoms with Crippen LogP contribution in [0.1, 0.15) is 23.3 Å². The molecule has 2 aromatic heterocycles. The molecule has 1 saturated carbocycles. The predicted octanol–water partition coefficient (Wildman–Crippen LogP) is 4.55. The summed E-state index contributed by atoms with van der Waals surface area (Å²) in [6.07, 6.45) is 4.33. The third-order valence-corrected chi connectivity index (χ3v) is 7.05. The maximum atomic E-state index is 9.52. The Kier molecular flexibility index (Phi) is 4.36. The van der Waals surface area contributed by atoms with Gasteiger partial charge in [-0.2, -0.15) is 0 Å². The Labute approximate surface area is 167 Å². The summed E-state index contributed by atoms with van der Waals surface area (Å²) in [5.74, 6) is 1.64. The summed E-state index contributed by atoms with van der Waals surface area (Å²) in [7, 11) is 0. The first-order valence-corrected chi connectivity index (χ1v) is 10.5. The zero-order valence-corrected chi connectivity index (χ0v) is 16.6. The minimum absolute atomic E-state index is 0.0230. The highest BCUT2D eigenvalue weighted by Gasteiger charge is 2.41. The number of hydrogen-bond acceptors (Lipinski definition) is 5. The summed E-state index contributed by atoms with van der Waals surface area (Å²) in [4.78, 5) is 5.37. The molecule has 1 aromatic carbocycles. The van der Waals surface area contributed by atoms with Gasteiger partial charge in [-0.1, -0.05) is 11.6 Å². The normalized spacial score (nSPS) is 24.0. The average molecular weight is 401 g/mol. The van der Waals surface area contributed by atoms with Crippen molar-refractivity contribution in [2.75, 3.05) is 6.54 Å². The zero-order valence-electron chi connectivity index (χ0n) is 15.0. The third-order valence-electron chi connectivity index (χ3n) is 5.69. The van der Waals surface area contributed by atoms with E-state index in [4.69, 9.17) is 16.3 Å². The molecule has 4 nitrogen and oxygen atoms in total. The summed E-state index contributed by atoms with van der Waals surface area (Å²) in [6, 6.07) is 8.35. The number of aromatic nitrogens is 1. The summed E-state index contributed by atoms with van der Waals surface area (Å²) >= 11 is 7.99. The molecule has 140 valence electrons. The van der Waals surface area contributed by atoms with Crippen molar-refractivity contribution in [1.82, 2.24) is 10.3 Å². The number of aliphatic hydroxyl groups excluding tert-OH is 1. The maximum Gasteiger partial charge on any atom is 0.130 e. The van der Waals surface area contributed by atoms with Crippen LogP contribution in [0.25, 0.3) is 21.3 Å². The lowest BCUT2D eigenvalue weighted by Crippen LogP contribution is -2.40. The molecule has 2 bridgehead atoms. The summed E-state index contributed by atoms with van der Waals surface area (Å²) < 4.78 is 7.63. The Balaban J connectivity index is 1.63. The fourth-order valence-corrected chi connectivity index (χ4v) is 5.72. The van der Waals surface area contributed by atoms with E-state index >= 15 is 0 Å². The van der Waals surface area contributed by atoms with Crippen molar-refractivity contribution in [3.63, 3.8) is 0 Å². The first kappa shape index (κ1) is 17.4. The van der Waals surface area contributed by atoms with Gasteiger partial charge in [-0.15, -0.1) is 11.3 Å². The van der Waals surface area contributed by atoms with Crippen molar-refractivity contribution in [3.05, 3.63) is 45.9 Å². The van der Waals surface area contributed by atoms with Crippen LogP contribution in [0.4, 0.5) is 0 Å². The van der Waals surface area contributed by atoms with E-state index in [1.165, 1.54) is 6.42 Å². The molecule has 5 rings (SSSR count). The highest BCUT2D eigenvalue weighted by atomic mass is 35.5. The number of thiophene rings is 1. The molecular formula is C21H21ClN2O2S. The fourth-order valence-electron chi connectivity index (χ4n) is 4.44. The topological polar surface area (TPSA) is 54.4 Å². The van der Waals surface area contributed by atoms with Gasteiger partial charge in [-0.3, -0.25) is 4.98 Å². The number of aliphatic hydroxyl groups is 1. The second-order valence-electron chi connectivity index (χ2n) is 7.55. The van der Waals surface area contributed by atoms with Crippen LogP contribution in [0.15, 0.2) is 30.5 Å². The molecule has 0 spiro atoms. The lowest BCUT2D eigenvalue weighted by Gasteiger charge is -2.26. The monoisotopic (exact) mass is 400 g/mol. The summed E-state index contributed by atoms with van der Waals surface area (Å²) in [5.41, 5.74) is 4.00. The van der Waals surface area contributed by atoms with Crippen molar-refractivity contribution in [2.45, 2.75) is 38.5 Å².